The third-order valence-electron chi connectivity index (χ3n) is 5.01. The number of benzene rings is 1. The Hall–Kier alpha value is -2.99. The number of pyridine rings is 2. The molecule has 1 amide bonds. The van der Waals surface area contributed by atoms with Crippen molar-refractivity contribution in [2.45, 2.75) is 38.7 Å². The number of para-hydroxylation sites is 1. The van der Waals surface area contributed by atoms with Gasteiger partial charge >= 0.3 is 5.97 Å². The topological polar surface area (TPSA) is 81.2 Å². The van der Waals surface area contributed by atoms with Crippen LogP contribution in [0.4, 0.5) is 5.82 Å². The first-order chi connectivity index (χ1) is 14.0. The van der Waals surface area contributed by atoms with E-state index in [9.17, 15) is 9.59 Å². The van der Waals surface area contributed by atoms with Gasteiger partial charge in [-0.25, -0.2) is 9.78 Å². The van der Waals surface area contributed by atoms with Crippen LogP contribution in [0.3, 0.4) is 0 Å². The van der Waals surface area contributed by atoms with Crippen molar-refractivity contribution < 1.29 is 14.3 Å². The maximum Gasteiger partial charge on any atom is 0.339 e. The smallest absolute Gasteiger partial charge is 0.339 e. The van der Waals surface area contributed by atoms with Gasteiger partial charge in [0.2, 0.25) is 0 Å². The van der Waals surface area contributed by atoms with E-state index >= 15 is 0 Å². The number of rotatable bonds is 4. The molecule has 29 heavy (non-hydrogen) atoms. The summed E-state index contributed by atoms with van der Waals surface area (Å²) in [5, 5.41) is 3.85. The molecule has 0 unspecified atom stereocenters. The Morgan fingerprint density at radius 1 is 1.14 bits per heavy atom. The molecule has 1 atom stereocenters. The highest BCUT2D eigenvalue weighted by Crippen LogP contribution is 2.30. The third kappa shape index (κ3) is 4.07. The van der Waals surface area contributed by atoms with Gasteiger partial charge in [-0.3, -0.25) is 9.78 Å². The molecule has 1 aliphatic carbocycles. The number of ether oxygens (including phenoxy) is 1. The molecule has 0 saturated heterocycles. The fourth-order valence-electron chi connectivity index (χ4n) is 3.56. The molecule has 0 radical (unpaired) electrons. The molecule has 1 N–H and O–H groups in total. The van der Waals surface area contributed by atoms with Gasteiger partial charge in [0.25, 0.3) is 5.91 Å². The van der Waals surface area contributed by atoms with Crippen molar-refractivity contribution >= 4 is 40.2 Å². The number of hydrogen-bond acceptors (Lipinski definition) is 5. The van der Waals surface area contributed by atoms with Crippen LogP contribution in [0.1, 0.15) is 41.4 Å². The summed E-state index contributed by atoms with van der Waals surface area (Å²) in [4.78, 5) is 34.3. The van der Waals surface area contributed by atoms with Crippen molar-refractivity contribution in [2.75, 3.05) is 5.32 Å². The van der Waals surface area contributed by atoms with Crippen LogP contribution in [-0.4, -0.2) is 27.9 Å². The summed E-state index contributed by atoms with van der Waals surface area (Å²) >= 11 is 5.80. The second-order valence-corrected chi connectivity index (χ2v) is 7.47. The summed E-state index contributed by atoms with van der Waals surface area (Å²) in [6.07, 6.45) is 4.14. The predicted octanol–water partition coefficient (Wildman–Crippen LogP) is 4.35. The molecule has 1 aromatic carbocycles. The Labute approximate surface area is 173 Å². The van der Waals surface area contributed by atoms with E-state index in [2.05, 4.69) is 10.3 Å². The van der Waals surface area contributed by atoms with Crippen molar-refractivity contribution in [3.8, 4) is 0 Å². The molecule has 6 nitrogen and oxygen atoms in total. The lowest BCUT2D eigenvalue weighted by Crippen LogP contribution is -2.31. The van der Waals surface area contributed by atoms with Crippen molar-refractivity contribution in [3.63, 3.8) is 0 Å². The van der Waals surface area contributed by atoms with Crippen LogP contribution in [0.15, 0.2) is 42.6 Å². The van der Waals surface area contributed by atoms with Crippen LogP contribution in [0.25, 0.3) is 10.9 Å². The number of anilines is 1. The fraction of sp³-hybridized carbons (Fsp3) is 0.273. The Balaban J connectivity index is 1.58. The Kier molecular flexibility index (Phi) is 5.45. The number of nitrogens with zero attached hydrogens (tertiary/aromatic N) is 2. The van der Waals surface area contributed by atoms with Gasteiger partial charge < -0.3 is 10.1 Å². The molecule has 0 saturated carbocycles. The number of esters is 1. The molecule has 0 aliphatic heterocycles. The van der Waals surface area contributed by atoms with Gasteiger partial charge in [0.1, 0.15) is 5.82 Å². The van der Waals surface area contributed by atoms with Crippen molar-refractivity contribution in [3.05, 3.63) is 64.4 Å². The summed E-state index contributed by atoms with van der Waals surface area (Å²) in [5.41, 5.74) is 3.17. The van der Waals surface area contributed by atoms with Crippen molar-refractivity contribution in [1.82, 2.24) is 9.97 Å². The van der Waals surface area contributed by atoms with Crippen LogP contribution in [-0.2, 0) is 22.4 Å². The van der Waals surface area contributed by atoms with Crippen LogP contribution in [0.5, 0.6) is 0 Å². The van der Waals surface area contributed by atoms with Crippen LogP contribution >= 0.6 is 11.6 Å². The quantitative estimate of drug-likeness (QED) is 0.648. The zero-order valence-corrected chi connectivity index (χ0v) is 16.7. The zero-order chi connectivity index (χ0) is 20.4. The highest BCUT2D eigenvalue weighted by atomic mass is 35.5. The van der Waals surface area contributed by atoms with E-state index in [1.54, 1.807) is 19.1 Å². The molecule has 4 rings (SSSR count). The molecular weight excluding hydrogens is 390 g/mol. The van der Waals surface area contributed by atoms with E-state index in [0.717, 1.165) is 47.8 Å². The molecule has 0 bridgehead atoms. The van der Waals surface area contributed by atoms with Crippen molar-refractivity contribution in [1.29, 1.82) is 0 Å². The van der Waals surface area contributed by atoms with E-state index in [4.69, 9.17) is 21.3 Å². The van der Waals surface area contributed by atoms with Gasteiger partial charge in [0, 0.05) is 17.3 Å². The standard InChI is InChI=1S/C22H20ClN3O3/c1-13(21(27)26-19-11-10-14(23)12-24-19)29-22(28)20-15-6-2-4-8-17(15)25-18-9-5-3-7-16(18)20/h2,4,6,8,10-13H,3,5,7,9H2,1H3,(H,24,26,27)/t13-/m0/s1. The third-order valence-corrected chi connectivity index (χ3v) is 5.23. The first-order valence-electron chi connectivity index (χ1n) is 9.57. The lowest BCUT2D eigenvalue weighted by atomic mass is 9.90. The summed E-state index contributed by atoms with van der Waals surface area (Å²) in [6.45, 7) is 1.54. The SMILES string of the molecule is C[C@H](OC(=O)c1c2c(nc3ccccc13)CCCC2)C(=O)Nc1ccc(Cl)cn1. The number of carbonyl (C=O) groups is 2. The van der Waals surface area contributed by atoms with Crippen LogP contribution in [0.2, 0.25) is 5.02 Å². The predicted molar refractivity (Wildman–Crippen MR) is 111 cm³/mol. The number of aryl methyl sites for hydroxylation is 1. The molecular formula is C22H20ClN3O3. The summed E-state index contributed by atoms with van der Waals surface area (Å²) in [5.74, 6) is -0.622. The molecule has 3 aromatic rings. The number of halogens is 1. The summed E-state index contributed by atoms with van der Waals surface area (Å²) in [7, 11) is 0. The van der Waals surface area contributed by atoms with E-state index in [-0.39, 0.29) is 0 Å². The van der Waals surface area contributed by atoms with Crippen LogP contribution < -0.4 is 5.32 Å². The van der Waals surface area contributed by atoms with Gasteiger partial charge in [0.15, 0.2) is 6.10 Å². The number of nitrogens with one attached hydrogen (secondary N) is 1. The minimum absolute atomic E-state index is 0.342. The molecule has 7 heteroatoms. The number of carbonyl (C=O) groups excluding carboxylic acids is 2. The highest BCUT2D eigenvalue weighted by molar-refractivity contribution is 6.30. The van der Waals surface area contributed by atoms with Gasteiger partial charge in [-0.1, -0.05) is 29.8 Å². The van der Waals surface area contributed by atoms with Crippen molar-refractivity contribution in [2.24, 2.45) is 0 Å². The second-order valence-electron chi connectivity index (χ2n) is 7.03. The Bertz CT molecular complexity index is 1080. The Morgan fingerprint density at radius 3 is 2.72 bits per heavy atom. The summed E-state index contributed by atoms with van der Waals surface area (Å²) in [6, 6.07) is 10.7. The van der Waals surface area contributed by atoms with E-state index < -0.39 is 18.0 Å². The van der Waals surface area contributed by atoms with Gasteiger partial charge in [-0.15, -0.1) is 0 Å². The number of amides is 1. The second kappa shape index (κ2) is 8.17. The maximum atomic E-state index is 13.1. The lowest BCUT2D eigenvalue weighted by molar-refractivity contribution is -0.123. The molecule has 0 spiro atoms. The normalized spacial score (nSPS) is 14.1. The average Bonchev–Trinajstić information content (AvgIpc) is 2.73. The van der Waals surface area contributed by atoms with Crippen LogP contribution in [0, 0.1) is 0 Å². The Morgan fingerprint density at radius 2 is 1.93 bits per heavy atom. The van der Waals surface area contributed by atoms with E-state index in [1.165, 1.54) is 6.20 Å². The average molecular weight is 410 g/mol. The van der Waals surface area contributed by atoms with Gasteiger partial charge in [-0.2, -0.15) is 0 Å². The monoisotopic (exact) mass is 409 g/mol. The largest absolute Gasteiger partial charge is 0.449 e. The van der Waals surface area contributed by atoms with Gasteiger partial charge in [-0.05, 0) is 56.4 Å². The number of aromatic nitrogens is 2. The molecule has 2 heterocycles. The molecule has 0 fully saturated rings. The molecule has 2 aromatic heterocycles. The first kappa shape index (κ1) is 19.3. The molecule has 148 valence electrons. The minimum Gasteiger partial charge on any atom is -0.449 e. The van der Waals surface area contributed by atoms with E-state index in [0.29, 0.717) is 16.4 Å². The number of hydrogen-bond donors (Lipinski definition) is 1. The molecule has 1 aliphatic rings. The summed E-state index contributed by atoms with van der Waals surface area (Å²) < 4.78 is 5.54. The van der Waals surface area contributed by atoms with Gasteiger partial charge in [0.05, 0.1) is 16.1 Å². The fourth-order valence-corrected chi connectivity index (χ4v) is 3.67. The zero-order valence-electron chi connectivity index (χ0n) is 15.9. The van der Waals surface area contributed by atoms with E-state index in [1.807, 2.05) is 24.3 Å². The number of fused-ring (bicyclic) bond motifs is 2. The lowest BCUT2D eigenvalue weighted by Gasteiger charge is -2.21. The maximum absolute atomic E-state index is 13.1. The first-order valence-corrected chi connectivity index (χ1v) is 9.94. The minimum atomic E-state index is -0.980. The highest BCUT2D eigenvalue weighted by Gasteiger charge is 2.26.